The molecule has 1 N–H and O–H groups in total. The Morgan fingerprint density at radius 1 is 1.44 bits per heavy atom. The number of pyridine rings is 1. The van der Waals surface area contributed by atoms with Gasteiger partial charge in [-0.25, -0.2) is 9.97 Å². The lowest BCUT2D eigenvalue weighted by Gasteiger charge is -2.33. The minimum atomic E-state index is -0.121. The quantitative estimate of drug-likeness (QED) is 0.899. The van der Waals surface area contributed by atoms with E-state index in [9.17, 15) is 4.79 Å². The van der Waals surface area contributed by atoms with Gasteiger partial charge in [-0.1, -0.05) is 6.07 Å². The van der Waals surface area contributed by atoms with Crippen molar-refractivity contribution in [2.75, 3.05) is 13.7 Å². The van der Waals surface area contributed by atoms with Crippen LogP contribution in [-0.4, -0.2) is 45.0 Å². The van der Waals surface area contributed by atoms with E-state index in [1.165, 1.54) is 0 Å². The molecule has 0 unspecified atom stereocenters. The summed E-state index contributed by atoms with van der Waals surface area (Å²) in [7, 11) is 1.64. The zero-order chi connectivity index (χ0) is 18.0. The number of methoxy groups -OCH3 is 1. The van der Waals surface area contributed by atoms with Crippen molar-refractivity contribution in [3.8, 4) is 5.88 Å². The van der Waals surface area contributed by atoms with Crippen LogP contribution in [0.15, 0.2) is 24.5 Å². The van der Waals surface area contributed by atoms with Crippen LogP contribution in [0.4, 0.5) is 0 Å². The maximum atomic E-state index is 12.2. The number of carbonyl (C=O) groups is 1. The number of hydrogen-bond acceptors (Lipinski definition) is 5. The van der Waals surface area contributed by atoms with E-state index in [0.29, 0.717) is 11.6 Å². The summed E-state index contributed by atoms with van der Waals surface area (Å²) in [6, 6.07) is 4.15. The van der Waals surface area contributed by atoms with Crippen LogP contribution in [0.1, 0.15) is 48.7 Å². The van der Waals surface area contributed by atoms with Crippen molar-refractivity contribution in [1.82, 2.24) is 24.8 Å². The monoisotopic (exact) mass is 343 g/mol. The van der Waals surface area contributed by atoms with Gasteiger partial charge in [0.1, 0.15) is 11.5 Å². The first-order valence-electron chi connectivity index (χ1n) is 8.59. The van der Waals surface area contributed by atoms with Crippen LogP contribution in [0.3, 0.4) is 0 Å². The van der Waals surface area contributed by atoms with Crippen molar-refractivity contribution in [1.29, 1.82) is 0 Å². The highest BCUT2D eigenvalue weighted by atomic mass is 16.5. The molecule has 0 aliphatic carbocycles. The Balaban J connectivity index is 1.78. The molecule has 7 nitrogen and oxygen atoms in total. The van der Waals surface area contributed by atoms with Gasteiger partial charge in [0.05, 0.1) is 13.2 Å². The topological polar surface area (TPSA) is 72.3 Å². The molecule has 3 rings (SSSR count). The smallest absolute Gasteiger partial charge is 0.271 e. The fraction of sp³-hybridized carbons (Fsp3) is 0.500. The molecule has 0 saturated heterocycles. The summed E-state index contributed by atoms with van der Waals surface area (Å²) in [4.78, 5) is 23.4. The third-order valence-electron chi connectivity index (χ3n) is 4.43. The van der Waals surface area contributed by atoms with Crippen LogP contribution < -0.4 is 10.1 Å². The first kappa shape index (κ1) is 17.4. The third-order valence-corrected chi connectivity index (χ3v) is 4.43. The molecule has 3 heterocycles. The van der Waals surface area contributed by atoms with Gasteiger partial charge in [0, 0.05) is 43.6 Å². The molecule has 1 amide bonds. The number of nitrogens with one attached hydrogen (secondary N) is 1. The molecule has 0 fully saturated rings. The predicted octanol–water partition coefficient (Wildman–Crippen LogP) is 2.00. The molecule has 0 saturated carbocycles. The van der Waals surface area contributed by atoms with Crippen LogP contribution in [0.25, 0.3) is 0 Å². The molecule has 25 heavy (non-hydrogen) atoms. The number of hydrogen-bond donors (Lipinski definition) is 1. The van der Waals surface area contributed by atoms with E-state index in [1.807, 2.05) is 32.2 Å². The van der Waals surface area contributed by atoms with Crippen molar-refractivity contribution in [3.63, 3.8) is 0 Å². The van der Waals surface area contributed by atoms with Gasteiger partial charge in [-0.05, 0) is 26.8 Å². The Kier molecular flexibility index (Phi) is 5.03. The molecule has 0 spiro atoms. The van der Waals surface area contributed by atoms with E-state index in [-0.39, 0.29) is 18.0 Å². The third kappa shape index (κ3) is 3.66. The van der Waals surface area contributed by atoms with Crippen LogP contribution in [0, 0.1) is 0 Å². The van der Waals surface area contributed by atoms with Gasteiger partial charge in [0.2, 0.25) is 5.88 Å². The predicted molar refractivity (Wildman–Crippen MR) is 94.4 cm³/mol. The van der Waals surface area contributed by atoms with Crippen LogP contribution >= 0.6 is 0 Å². The average Bonchev–Trinajstić information content (AvgIpc) is 3.02. The first-order chi connectivity index (χ1) is 12.0. The molecular weight excluding hydrogens is 318 g/mol. The van der Waals surface area contributed by atoms with Crippen molar-refractivity contribution in [2.24, 2.45) is 0 Å². The average molecular weight is 343 g/mol. The highest BCUT2D eigenvalue weighted by Crippen LogP contribution is 2.28. The van der Waals surface area contributed by atoms with Gasteiger partial charge in [0.25, 0.3) is 5.91 Å². The minimum absolute atomic E-state index is 0.0956. The molecule has 134 valence electrons. The second-order valence-electron chi connectivity index (χ2n) is 6.62. The first-order valence-corrected chi connectivity index (χ1v) is 8.59. The Morgan fingerprint density at radius 2 is 2.24 bits per heavy atom. The summed E-state index contributed by atoms with van der Waals surface area (Å²) >= 11 is 0. The van der Waals surface area contributed by atoms with E-state index >= 15 is 0 Å². The summed E-state index contributed by atoms with van der Waals surface area (Å²) in [6.45, 7) is 8.43. The fourth-order valence-electron chi connectivity index (χ4n) is 3.14. The van der Waals surface area contributed by atoms with E-state index in [1.54, 1.807) is 13.3 Å². The lowest BCUT2D eigenvalue weighted by Crippen LogP contribution is -2.36. The summed E-state index contributed by atoms with van der Waals surface area (Å²) in [5.41, 5.74) is 1.53. The highest BCUT2D eigenvalue weighted by Gasteiger charge is 2.28. The number of rotatable bonds is 5. The standard InChI is InChI=1S/C18H25N5O2/c1-12(2)20-17(24)15-11-23-9-8-22(13(3)16(23)21-15)10-14-6-5-7-19-18(14)25-4/h5-7,11-13H,8-10H2,1-4H3,(H,20,24)/t13-/m0/s1. The minimum Gasteiger partial charge on any atom is -0.481 e. The van der Waals surface area contributed by atoms with E-state index < -0.39 is 0 Å². The number of imidazole rings is 1. The van der Waals surface area contributed by atoms with Gasteiger partial charge in [-0.15, -0.1) is 0 Å². The van der Waals surface area contributed by atoms with Gasteiger partial charge >= 0.3 is 0 Å². The second kappa shape index (κ2) is 7.23. The molecule has 1 atom stereocenters. The molecule has 2 aromatic heterocycles. The molecule has 7 heteroatoms. The number of fused-ring (bicyclic) bond motifs is 1. The Hall–Kier alpha value is -2.41. The summed E-state index contributed by atoms with van der Waals surface area (Å²) in [6.07, 6.45) is 3.58. The zero-order valence-corrected chi connectivity index (χ0v) is 15.2. The van der Waals surface area contributed by atoms with Crippen molar-refractivity contribution < 1.29 is 9.53 Å². The Labute approximate surface area is 148 Å². The van der Waals surface area contributed by atoms with Gasteiger partial charge in [-0.2, -0.15) is 0 Å². The number of nitrogens with zero attached hydrogens (tertiary/aromatic N) is 4. The summed E-state index contributed by atoms with van der Waals surface area (Å²) in [5.74, 6) is 1.45. The number of ether oxygens (including phenoxy) is 1. The van der Waals surface area contributed by atoms with Crippen molar-refractivity contribution in [3.05, 3.63) is 41.6 Å². The molecule has 1 aliphatic heterocycles. The largest absolute Gasteiger partial charge is 0.481 e. The van der Waals surface area contributed by atoms with E-state index in [4.69, 9.17) is 4.74 Å². The SMILES string of the molecule is COc1ncccc1CN1CCn2cc(C(=O)NC(C)C)nc2[C@@H]1C. The normalized spacial score (nSPS) is 17.4. The maximum absolute atomic E-state index is 12.2. The number of aromatic nitrogens is 3. The number of carbonyl (C=O) groups excluding carboxylic acids is 1. The van der Waals surface area contributed by atoms with Gasteiger partial charge in [0.15, 0.2) is 0 Å². The molecule has 1 aliphatic rings. The fourth-order valence-corrected chi connectivity index (χ4v) is 3.14. The molecule has 2 aromatic rings. The van der Waals surface area contributed by atoms with Crippen LogP contribution in [0.2, 0.25) is 0 Å². The van der Waals surface area contributed by atoms with E-state index in [2.05, 4.69) is 31.7 Å². The Bertz CT molecular complexity index is 756. The zero-order valence-electron chi connectivity index (χ0n) is 15.2. The lowest BCUT2D eigenvalue weighted by atomic mass is 10.1. The lowest BCUT2D eigenvalue weighted by molar-refractivity contribution is 0.0938. The van der Waals surface area contributed by atoms with E-state index in [0.717, 1.165) is 31.0 Å². The molecule has 0 aromatic carbocycles. The van der Waals surface area contributed by atoms with Gasteiger partial charge < -0.3 is 14.6 Å². The van der Waals surface area contributed by atoms with Crippen molar-refractivity contribution in [2.45, 2.75) is 45.9 Å². The Morgan fingerprint density at radius 3 is 2.96 bits per heavy atom. The van der Waals surface area contributed by atoms with Crippen molar-refractivity contribution >= 4 is 5.91 Å². The van der Waals surface area contributed by atoms with Crippen LogP contribution in [0.5, 0.6) is 5.88 Å². The summed E-state index contributed by atoms with van der Waals surface area (Å²) < 4.78 is 7.43. The number of amides is 1. The van der Waals surface area contributed by atoms with Gasteiger partial charge in [-0.3, -0.25) is 9.69 Å². The molecule has 0 bridgehead atoms. The molecule has 0 radical (unpaired) electrons. The summed E-state index contributed by atoms with van der Waals surface area (Å²) in [5, 5.41) is 2.90. The maximum Gasteiger partial charge on any atom is 0.271 e. The highest BCUT2D eigenvalue weighted by molar-refractivity contribution is 5.92. The molecular formula is C18H25N5O2. The van der Waals surface area contributed by atoms with Crippen LogP contribution in [-0.2, 0) is 13.1 Å². The second-order valence-corrected chi connectivity index (χ2v) is 6.62.